The first-order chi connectivity index (χ1) is 16.3. The van der Waals surface area contributed by atoms with Crippen molar-refractivity contribution < 1.29 is 0 Å². The Morgan fingerprint density at radius 1 is 0.879 bits per heavy atom. The molecule has 0 spiro atoms. The first kappa shape index (κ1) is 22.5. The second-order valence-electron chi connectivity index (χ2n) is 8.09. The lowest BCUT2D eigenvalue weighted by atomic mass is 10.0. The molecule has 1 aliphatic rings. The number of rotatable bonds is 8. The van der Waals surface area contributed by atoms with Gasteiger partial charge in [-0.3, -0.25) is 0 Å². The van der Waals surface area contributed by atoms with Gasteiger partial charge in [-0.1, -0.05) is 66.7 Å². The average molecular weight is 441 g/mol. The first-order valence-electron chi connectivity index (χ1n) is 11.6. The molecular weight excluding hydrogens is 408 g/mol. The number of nitrogens with zero attached hydrogens (tertiary/aromatic N) is 5. The van der Waals surface area contributed by atoms with Crippen molar-refractivity contribution in [3.63, 3.8) is 0 Å². The van der Waals surface area contributed by atoms with E-state index in [0.717, 1.165) is 57.2 Å². The molecular formula is C27H32N6. The smallest absolute Gasteiger partial charge is 0.225 e. The number of nitrogens with one attached hydrogen (secondary N) is 1. The van der Waals surface area contributed by atoms with Crippen LogP contribution in [0.2, 0.25) is 0 Å². The van der Waals surface area contributed by atoms with Gasteiger partial charge < -0.3 is 15.2 Å². The number of hydrogen-bond acceptors (Lipinski definition) is 5. The molecule has 0 radical (unpaired) electrons. The highest BCUT2D eigenvalue weighted by atomic mass is 15.4. The molecule has 1 N–H and O–H groups in total. The van der Waals surface area contributed by atoms with E-state index in [1.54, 1.807) is 12.4 Å². The molecule has 0 bridgehead atoms. The quantitative estimate of drug-likeness (QED) is 0.327. The van der Waals surface area contributed by atoms with Crippen LogP contribution in [0.4, 0.5) is 5.95 Å². The minimum atomic E-state index is 0.799. The summed E-state index contributed by atoms with van der Waals surface area (Å²) < 4.78 is 0. The van der Waals surface area contributed by atoms with E-state index in [2.05, 4.69) is 91.9 Å². The van der Waals surface area contributed by atoms with Crippen molar-refractivity contribution in [2.24, 2.45) is 5.10 Å². The van der Waals surface area contributed by atoms with Gasteiger partial charge in [-0.25, -0.2) is 9.97 Å². The maximum atomic E-state index is 4.75. The Hall–Kier alpha value is -3.67. The Labute approximate surface area is 196 Å². The van der Waals surface area contributed by atoms with Gasteiger partial charge in [0.2, 0.25) is 5.95 Å². The van der Waals surface area contributed by atoms with Crippen LogP contribution in [0.1, 0.15) is 17.5 Å². The van der Waals surface area contributed by atoms with Crippen molar-refractivity contribution in [3.8, 4) is 0 Å². The topological polar surface area (TPSA) is 56.7 Å². The second-order valence-corrected chi connectivity index (χ2v) is 8.09. The van der Waals surface area contributed by atoms with Crippen molar-refractivity contribution in [2.45, 2.75) is 19.3 Å². The van der Waals surface area contributed by atoms with Gasteiger partial charge in [0.25, 0.3) is 0 Å². The molecule has 2 aromatic carbocycles. The zero-order chi connectivity index (χ0) is 22.7. The van der Waals surface area contributed by atoms with Crippen molar-refractivity contribution in [1.29, 1.82) is 0 Å². The summed E-state index contributed by atoms with van der Waals surface area (Å²) in [7, 11) is 1.88. The molecule has 1 aliphatic heterocycles. The van der Waals surface area contributed by atoms with Crippen LogP contribution in [0.5, 0.6) is 0 Å². The molecule has 6 nitrogen and oxygen atoms in total. The summed E-state index contributed by atoms with van der Waals surface area (Å²) in [6, 6.07) is 23.1. The molecule has 0 saturated carbocycles. The molecule has 170 valence electrons. The van der Waals surface area contributed by atoms with E-state index in [9.17, 15) is 0 Å². The van der Waals surface area contributed by atoms with Crippen LogP contribution < -0.4 is 10.3 Å². The number of piperazine rings is 1. The van der Waals surface area contributed by atoms with E-state index in [1.807, 2.05) is 13.1 Å². The fourth-order valence-corrected chi connectivity index (χ4v) is 4.11. The van der Waals surface area contributed by atoms with Crippen molar-refractivity contribution >= 4 is 11.8 Å². The molecule has 6 heteroatoms. The molecule has 1 fully saturated rings. The van der Waals surface area contributed by atoms with Crippen LogP contribution in [0.25, 0.3) is 0 Å². The summed E-state index contributed by atoms with van der Waals surface area (Å²) in [5, 5.41) is 4.75. The molecule has 4 rings (SSSR count). The van der Waals surface area contributed by atoms with Crippen LogP contribution in [0.15, 0.2) is 95.9 Å². The fraction of sp³-hybridized carbons (Fsp3) is 0.296. The highest BCUT2D eigenvalue weighted by Gasteiger charge is 2.23. The standard InChI is InChI=1S/C27H32N6/c1-28-31-26(32-19-21-33(22-20-32)27-29-17-8-18-30-27)25(15-13-23-9-4-2-5-10-23)16-14-24-11-6-3-7-12-24/h2-12,15,17-18,28H,13-14,16,19-22H2,1H3/b25-15-,31-26+. The van der Waals surface area contributed by atoms with Gasteiger partial charge in [0.15, 0.2) is 5.84 Å². The number of hydrogen-bond donors (Lipinski definition) is 1. The third-order valence-electron chi connectivity index (χ3n) is 5.87. The number of anilines is 1. The van der Waals surface area contributed by atoms with E-state index in [1.165, 1.54) is 16.7 Å². The highest BCUT2D eigenvalue weighted by Crippen LogP contribution is 2.18. The fourth-order valence-electron chi connectivity index (χ4n) is 4.11. The minimum absolute atomic E-state index is 0.799. The lowest BCUT2D eigenvalue weighted by Gasteiger charge is -2.37. The van der Waals surface area contributed by atoms with Crippen molar-refractivity contribution in [3.05, 3.63) is 102 Å². The van der Waals surface area contributed by atoms with Crippen LogP contribution in [0.3, 0.4) is 0 Å². The Morgan fingerprint density at radius 3 is 2.15 bits per heavy atom. The molecule has 0 unspecified atom stereocenters. The summed E-state index contributed by atoms with van der Waals surface area (Å²) in [5.41, 5.74) is 6.99. The number of amidine groups is 1. The van der Waals surface area contributed by atoms with Gasteiger partial charge in [0.1, 0.15) is 0 Å². The molecule has 0 aliphatic carbocycles. The van der Waals surface area contributed by atoms with Gasteiger partial charge in [-0.05, 0) is 42.0 Å². The molecule has 33 heavy (non-hydrogen) atoms. The van der Waals surface area contributed by atoms with Crippen LogP contribution in [-0.2, 0) is 12.8 Å². The van der Waals surface area contributed by atoms with Gasteiger partial charge in [-0.15, -0.1) is 0 Å². The number of allylic oxidation sites excluding steroid dienone is 1. The monoisotopic (exact) mass is 440 g/mol. The Kier molecular flexibility index (Phi) is 8.06. The second kappa shape index (κ2) is 11.8. The Balaban J connectivity index is 1.51. The Bertz CT molecular complexity index is 1030. The predicted molar refractivity (Wildman–Crippen MR) is 135 cm³/mol. The lowest BCUT2D eigenvalue weighted by Crippen LogP contribution is -2.50. The molecule has 3 aromatic rings. The third kappa shape index (κ3) is 6.42. The van der Waals surface area contributed by atoms with Crippen LogP contribution in [-0.4, -0.2) is 53.9 Å². The van der Waals surface area contributed by atoms with E-state index < -0.39 is 0 Å². The summed E-state index contributed by atoms with van der Waals surface area (Å²) in [4.78, 5) is 13.5. The van der Waals surface area contributed by atoms with Crippen LogP contribution >= 0.6 is 0 Å². The predicted octanol–water partition coefficient (Wildman–Crippen LogP) is 3.93. The highest BCUT2D eigenvalue weighted by molar-refractivity contribution is 5.98. The summed E-state index contributed by atoms with van der Waals surface area (Å²) >= 11 is 0. The van der Waals surface area contributed by atoms with Crippen molar-refractivity contribution in [2.75, 3.05) is 38.1 Å². The number of benzene rings is 2. The van der Waals surface area contributed by atoms with E-state index >= 15 is 0 Å². The summed E-state index contributed by atoms with van der Waals surface area (Å²) in [6.07, 6.45) is 8.78. The molecule has 0 amide bonds. The van der Waals surface area contributed by atoms with E-state index in [4.69, 9.17) is 5.10 Å². The van der Waals surface area contributed by atoms with Gasteiger partial charge in [0, 0.05) is 45.6 Å². The van der Waals surface area contributed by atoms with Crippen molar-refractivity contribution in [1.82, 2.24) is 20.3 Å². The van der Waals surface area contributed by atoms with Crippen LogP contribution in [0, 0.1) is 0 Å². The summed E-state index contributed by atoms with van der Waals surface area (Å²) in [5.74, 6) is 1.84. The van der Waals surface area contributed by atoms with E-state index in [-0.39, 0.29) is 0 Å². The van der Waals surface area contributed by atoms with E-state index in [0.29, 0.717) is 0 Å². The van der Waals surface area contributed by atoms with Gasteiger partial charge in [0.05, 0.1) is 0 Å². The van der Waals surface area contributed by atoms with Gasteiger partial charge in [-0.2, -0.15) is 5.10 Å². The molecule has 2 heterocycles. The SMILES string of the molecule is CN/N=C(\C(=C/Cc1ccccc1)CCc1ccccc1)N1CCN(c2ncccn2)CC1. The normalized spacial score (nSPS) is 14.9. The zero-order valence-corrected chi connectivity index (χ0v) is 19.3. The number of aryl methyl sites for hydroxylation is 1. The minimum Gasteiger partial charge on any atom is -0.351 e. The first-order valence-corrected chi connectivity index (χ1v) is 11.6. The largest absolute Gasteiger partial charge is 0.351 e. The zero-order valence-electron chi connectivity index (χ0n) is 19.3. The average Bonchev–Trinajstić information content (AvgIpc) is 2.89. The third-order valence-corrected chi connectivity index (χ3v) is 5.87. The lowest BCUT2D eigenvalue weighted by molar-refractivity contribution is 0.379. The molecule has 0 atom stereocenters. The number of hydrazone groups is 1. The Morgan fingerprint density at radius 2 is 1.52 bits per heavy atom. The number of aromatic nitrogens is 2. The maximum absolute atomic E-state index is 4.75. The molecule has 1 saturated heterocycles. The van der Waals surface area contributed by atoms with Gasteiger partial charge >= 0.3 is 0 Å². The maximum Gasteiger partial charge on any atom is 0.225 e. The molecule has 1 aromatic heterocycles. The summed E-state index contributed by atoms with van der Waals surface area (Å²) in [6.45, 7) is 3.51.